The van der Waals surface area contributed by atoms with E-state index in [4.69, 9.17) is 4.98 Å². The normalized spacial score (nSPS) is 20.1. The molecule has 3 nitrogen and oxygen atoms in total. The lowest BCUT2D eigenvalue weighted by molar-refractivity contribution is 0.0696. The van der Waals surface area contributed by atoms with Gasteiger partial charge in [-0.15, -0.1) is 0 Å². The van der Waals surface area contributed by atoms with Gasteiger partial charge in [0.1, 0.15) is 0 Å². The van der Waals surface area contributed by atoms with E-state index in [2.05, 4.69) is 20.8 Å². The van der Waals surface area contributed by atoms with Crippen LogP contribution in [-0.4, -0.2) is 16.1 Å². The van der Waals surface area contributed by atoms with Crippen molar-refractivity contribution in [2.75, 3.05) is 0 Å². The number of hydrogen-bond acceptors (Lipinski definition) is 2. The van der Waals surface area contributed by atoms with E-state index in [1.807, 2.05) is 25.1 Å². The van der Waals surface area contributed by atoms with Crippen molar-refractivity contribution < 1.29 is 9.90 Å². The fourth-order valence-corrected chi connectivity index (χ4v) is 3.68. The fourth-order valence-electron chi connectivity index (χ4n) is 3.68. The van der Waals surface area contributed by atoms with Crippen molar-refractivity contribution in [3.63, 3.8) is 0 Å². The van der Waals surface area contributed by atoms with Crippen molar-refractivity contribution in [3.8, 4) is 0 Å². The van der Waals surface area contributed by atoms with Crippen molar-refractivity contribution in [1.29, 1.82) is 0 Å². The van der Waals surface area contributed by atoms with Gasteiger partial charge in [0.15, 0.2) is 0 Å². The highest BCUT2D eigenvalue weighted by molar-refractivity contribution is 6.05. The number of rotatable bonds is 1. The maximum atomic E-state index is 11.9. The molecule has 1 aliphatic rings. The van der Waals surface area contributed by atoms with Crippen molar-refractivity contribution in [3.05, 3.63) is 40.6 Å². The van der Waals surface area contributed by atoms with Gasteiger partial charge in [-0.1, -0.05) is 39.0 Å². The molecule has 0 saturated heterocycles. The topological polar surface area (TPSA) is 50.2 Å². The summed E-state index contributed by atoms with van der Waals surface area (Å²) in [6.45, 7) is 8.35. The summed E-state index contributed by atoms with van der Waals surface area (Å²) in [6, 6.07) is 5.76. The summed E-state index contributed by atoms with van der Waals surface area (Å²) in [7, 11) is 0. The maximum absolute atomic E-state index is 11.9. The monoisotopic (exact) mass is 269 g/mol. The molecule has 1 aromatic carbocycles. The maximum Gasteiger partial charge on any atom is 0.336 e. The Morgan fingerprint density at radius 3 is 2.75 bits per heavy atom. The van der Waals surface area contributed by atoms with Crippen molar-refractivity contribution in [1.82, 2.24) is 4.98 Å². The zero-order valence-electron chi connectivity index (χ0n) is 12.3. The Bertz CT molecular complexity index is 731. The van der Waals surface area contributed by atoms with E-state index in [1.165, 1.54) is 0 Å². The van der Waals surface area contributed by atoms with E-state index < -0.39 is 5.97 Å². The standard InChI is InChI=1S/C17H19NO2/c1-9-6-5-7-11-12(16(19)20)13-15(18-14(9)11)10(2)8-17(13,3)4/h5-7,10H,8H2,1-4H3,(H,19,20). The van der Waals surface area contributed by atoms with Gasteiger partial charge in [0.2, 0.25) is 0 Å². The van der Waals surface area contributed by atoms with Crippen molar-refractivity contribution >= 4 is 16.9 Å². The molecule has 0 amide bonds. The van der Waals surface area contributed by atoms with Crippen LogP contribution in [0.2, 0.25) is 0 Å². The molecule has 0 aliphatic heterocycles. The van der Waals surface area contributed by atoms with E-state index in [0.29, 0.717) is 11.5 Å². The molecule has 0 fully saturated rings. The van der Waals surface area contributed by atoms with Crippen LogP contribution in [0.25, 0.3) is 10.9 Å². The first-order valence-electron chi connectivity index (χ1n) is 7.00. The molecule has 1 aromatic heterocycles. The third-order valence-corrected chi connectivity index (χ3v) is 4.42. The molecule has 3 heteroatoms. The molecule has 1 aliphatic carbocycles. The van der Waals surface area contributed by atoms with Crippen LogP contribution in [0.1, 0.15) is 60.3 Å². The number of pyridine rings is 1. The summed E-state index contributed by atoms with van der Waals surface area (Å²) in [4.78, 5) is 16.7. The lowest BCUT2D eigenvalue weighted by Gasteiger charge is -2.21. The summed E-state index contributed by atoms with van der Waals surface area (Å²) in [5.41, 5.74) is 4.07. The van der Waals surface area contributed by atoms with Gasteiger partial charge in [0.25, 0.3) is 0 Å². The zero-order chi connectivity index (χ0) is 14.7. The predicted octanol–water partition coefficient (Wildman–Crippen LogP) is 4.03. The fraction of sp³-hybridized carbons (Fsp3) is 0.412. The molecule has 1 N–H and O–H groups in total. The summed E-state index contributed by atoms with van der Waals surface area (Å²) in [6.07, 6.45) is 0.949. The first-order chi connectivity index (χ1) is 9.33. The van der Waals surface area contributed by atoms with E-state index in [-0.39, 0.29) is 5.41 Å². The molecular weight excluding hydrogens is 250 g/mol. The molecule has 1 heterocycles. The molecule has 3 rings (SSSR count). The van der Waals surface area contributed by atoms with Crippen LogP contribution >= 0.6 is 0 Å². The minimum atomic E-state index is -0.846. The summed E-state index contributed by atoms with van der Waals surface area (Å²) < 4.78 is 0. The minimum Gasteiger partial charge on any atom is -0.478 e. The van der Waals surface area contributed by atoms with Gasteiger partial charge in [-0.2, -0.15) is 0 Å². The van der Waals surface area contributed by atoms with Crippen LogP contribution in [0.3, 0.4) is 0 Å². The van der Waals surface area contributed by atoms with E-state index in [0.717, 1.165) is 34.1 Å². The van der Waals surface area contributed by atoms with Crippen LogP contribution in [0.4, 0.5) is 0 Å². The third-order valence-electron chi connectivity index (χ3n) is 4.42. The highest BCUT2D eigenvalue weighted by Crippen LogP contribution is 2.48. The number of aromatic carboxylic acids is 1. The molecule has 1 unspecified atom stereocenters. The second-order valence-corrected chi connectivity index (χ2v) is 6.51. The van der Waals surface area contributed by atoms with E-state index in [1.54, 1.807) is 0 Å². The largest absolute Gasteiger partial charge is 0.478 e. The smallest absolute Gasteiger partial charge is 0.336 e. The second-order valence-electron chi connectivity index (χ2n) is 6.51. The number of carboxylic acid groups (broad SMARTS) is 1. The Balaban J connectivity index is 2.53. The number of aromatic nitrogens is 1. The highest BCUT2D eigenvalue weighted by atomic mass is 16.4. The lowest BCUT2D eigenvalue weighted by Crippen LogP contribution is -2.18. The highest BCUT2D eigenvalue weighted by Gasteiger charge is 2.40. The molecule has 0 bridgehead atoms. The quantitative estimate of drug-likeness (QED) is 0.850. The summed E-state index contributed by atoms with van der Waals surface area (Å²) >= 11 is 0. The Labute approximate surface area is 118 Å². The first-order valence-corrected chi connectivity index (χ1v) is 7.00. The number of carboxylic acids is 1. The average molecular weight is 269 g/mol. The van der Waals surface area contributed by atoms with Gasteiger partial charge in [-0.25, -0.2) is 4.79 Å². The predicted molar refractivity (Wildman–Crippen MR) is 79.5 cm³/mol. The average Bonchev–Trinajstić information content (AvgIpc) is 2.58. The van der Waals surface area contributed by atoms with E-state index >= 15 is 0 Å². The molecule has 20 heavy (non-hydrogen) atoms. The Morgan fingerprint density at radius 1 is 1.40 bits per heavy atom. The van der Waals surface area contributed by atoms with Gasteiger partial charge in [-0.3, -0.25) is 4.98 Å². The second kappa shape index (κ2) is 4.05. The number of benzene rings is 1. The molecule has 0 saturated carbocycles. The summed E-state index contributed by atoms with van der Waals surface area (Å²) in [5.74, 6) is -0.538. The molecular formula is C17H19NO2. The molecule has 104 valence electrons. The van der Waals surface area contributed by atoms with Gasteiger partial charge < -0.3 is 5.11 Å². The first kappa shape index (κ1) is 13.1. The van der Waals surface area contributed by atoms with Crippen molar-refractivity contribution in [2.45, 2.75) is 45.4 Å². The van der Waals surface area contributed by atoms with E-state index in [9.17, 15) is 9.90 Å². The Hall–Kier alpha value is -1.90. The molecule has 0 radical (unpaired) electrons. The SMILES string of the molecule is Cc1cccc2c(C(=O)O)c3c(nc12)C(C)CC3(C)C. The minimum absolute atomic E-state index is 0.132. The molecule has 1 atom stereocenters. The van der Waals surface area contributed by atoms with Crippen LogP contribution < -0.4 is 0 Å². The zero-order valence-corrected chi connectivity index (χ0v) is 12.3. The van der Waals surface area contributed by atoms with Crippen LogP contribution in [-0.2, 0) is 5.41 Å². The van der Waals surface area contributed by atoms with Gasteiger partial charge in [0, 0.05) is 11.1 Å². The molecule has 2 aromatic rings. The van der Waals surface area contributed by atoms with Crippen molar-refractivity contribution in [2.24, 2.45) is 0 Å². The summed E-state index contributed by atoms with van der Waals surface area (Å²) in [5, 5.41) is 10.5. The van der Waals surface area contributed by atoms with Gasteiger partial charge in [-0.05, 0) is 35.8 Å². The Kier molecular flexibility index (Phi) is 2.65. The number of fused-ring (bicyclic) bond motifs is 2. The lowest BCUT2D eigenvalue weighted by atomic mass is 9.82. The van der Waals surface area contributed by atoms with Crippen LogP contribution in [0, 0.1) is 6.92 Å². The Morgan fingerprint density at radius 2 is 2.10 bits per heavy atom. The number of aryl methyl sites for hydroxylation is 1. The number of nitrogens with zero attached hydrogens (tertiary/aromatic N) is 1. The van der Waals surface area contributed by atoms with Gasteiger partial charge >= 0.3 is 5.97 Å². The number of carbonyl (C=O) groups is 1. The number of hydrogen-bond donors (Lipinski definition) is 1. The third kappa shape index (κ3) is 1.65. The molecule has 0 spiro atoms. The van der Waals surface area contributed by atoms with Gasteiger partial charge in [0.05, 0.1) is 11.1 Å². The van der Waals surface area contributed by atoms with Crippen LogP contribution in [0.15, 0.2) is 18.2 Å². The van der Waals surface area contributed by atoms with Crippen LogP contribution in [0.5, 0.6) is 0 Å². The number of para-hydroxylation sites is 1.